The summed E-state index contributed by atoms with van der Waals surface area (Å²) in [6, 6.07) is 8.64. The van der Waals surface area contributed by atoms with E-state index in [-0.39, 0.29) is 0 Å². The summed E-state index contributed by atoms with van der Waals surface area (Å²) >= 11 is 0. The zero-order valence-electron chi connectivity index (χ0n) is 11.6. The number of methoxy groups -OCH3 is 1. The Hall–Kier alpha value is -1.57. The zero-order chi connectivity index (χ0) is 13.7. The van der Waals surface area contributed by atoms with Crippen molar-refractivity contribution >= 4 is 0 Å². The number of hydrogen-bond donors (Lipinski definition) is 1. The normalized spacial score (nSPS) is 17.1. The monoisotopic (exact) mass is 259 g/mol. The lowest BCUT2D eigenvalue weighted by molar-refractivity contribution is 0.194. The molecule has 1 aliphatic rings. The first-order valence-corrected chi connectivity index (χ1v) is 6.73. The lowest BCUT2D eigenvalue weighted by Crippen LogP contribution is -2.40. The summed E-state index contributed by atoms with van der Waals surface area (Å²) < 4.78 is 5.25. The Kier molecular flexibility index (Phi) is 4.78. The van der Waals surface area contributed by atoms with Gasteiger partial charge in [0.2, 0.25) is 0 Å². The minimum atomic E-state index is 0.597. The molecule has 0 saturated carbocycles. The quantitative estimate of drug-likeness (QED) is 0.895. The molecule has 0 amide bonds. The number of likely N-dealkylation sites (tertiary alicyclic amines) is 1. The van der Waals surface area contributed by atoms with Crippen molar-refractivity contribution in [1.29, 1.82) is 5.26 Å². The fourth-order valence-electron chi connectivity index (χ4n) is 2.56. The third kappa shape index (κ3) is 3.46. The van der Waals surface area contributed by atoms with E-state index in [2.05, 4.69) is 16.3 Å². The fraction of sp³-hybridized carbons (Fsp3) is 0.533. The standard InChI is InChI=1S/C15H21N3O/c1-17-14-5-7-18(8-6-14)11-12-3-4-13(10-16)15(9-12)19-2/h3-4,9,14,17H,5-8,11H2,1-2H3. The first kappa shape index (κ1) is 13.9. The first-order chi connectivity index (χ1) is 9.26. The van der Waals surface area contributed by atoms with Crippen LogP contribution in [0.2, 0.25) is 0 Å². The van der Waals surface area contributed by atoms with E-state index in [0.717, 1.165) is 19.6 Å². The molecule has 4 heteroatoms. The summed E-state index contributed by atoms with van der Waals surface area (Å²) in [5.74, 6) is 0.671. The molecule has 102 valence electrons. The van der Waals surface area contributed by atoms with E-state index in [1.54, 1.807) is 7.11 Å². The number of rotatable bonds is 4. The van der Waals surface area contributed by atoms with Crippen LogP contribution in [0.5, 0.6) is 5.75 Å². The molecule has 1 aliphatic heterocycles. The second kappa shape index (κ2) is 6.55. The van der Waals surface area contributed by atoms with Crippen molar-refractivity contribution in [2.24, 2.45) is 0 Å². The Bertz CT molecular complexity index is 459. The highest BCUT2D eigenvalue weighted by molar-refractivity contribution is 5.45. The van der Waals surface area contributed by atoms with E-state index < -0.39 is 0 Å². The second-order valence-corrected chi connectivity index (χ2v) is 4.99. The highest BCUT2D eigenvalue weighted by Crippen LogP contribution is 2.21. The predicted molar refractivity (Wildman–Crippen MR) is 75.1 cm³/mol. The van der Waals surface area contributed by atoms with E-state index in [9.17, 15) is 0 Å². The lowest BCUT2D eigenvalue weighted by atomic mass is 10.0. The summed E-state index contributed by atoms with van der Waals surface area (Å²) in [5.41, 5.74) is 1.80. The number of benzene rings is 1. The summed E-state index contributed by atoms with van der Waals surface area (Å²) in [6.45, 7) is 3.17. The van der Waals surface area contributed by atoms with E-state index in [4.69, 9.17) is 10.00 Å². The molecule has 0 atom stereocenters. The largest absolute Gasteiger partial charge is 0.495 e. The number of hydrogen-bond acceptors (Lipinski definition) is 4. The summed E-state index contributed by atoms with van der Waals surface area (Å²) in [5, 5.41) is 12.3. The van der Waals surface area contributed by atoms with Gasteiger partial charge in [-0.2, -0.15) is 5.26 Å². The maximum atomic E-state index is 8.97. The van der Waals surface area contributed by atoms with Gasteiger partial charge in [-0.05, 0) is 50.7 Å². The topological polar surface area (TPSA) is 48.3 Å². The number of ether oxygens (including phenoxy) is 1. The maximum absolute atomic E-state index is 8.97. The van der Waals surface area contributed by atoms with Gasteiger partial charge in [0.1, 0.15) is 11.8 Å². The van der Waals surface area contributed by atoms with Crippen molar-refractivity contribution in [2.45, 2.75) is 25.4 Å². The highest BCUT2D eigenvalue weighted by atomic mass is 16.5. The van der Waals surface area contributed by atoms with Gasteiger partial charge in [0.15, 0.2) is 0 Å². The third-order valence-electron chi connectivity index (χ3n) is 3.79. The Balaban J connectivity index is 1.98. The smallest absolute Gasteiger partial charge is 0.136 e. The molecule has 0 unspecified atom stereocenters. The van der Waals surface area contributed by atoms with Crippen molar-refractivity contribution in [3.8, 4) is 11.8 Å². The van der Waals surface area contributed by atoms with Gasteiger partial charge in [-0.1, -0.05) is 6.07 Å². The molecular weight excluding hydrogens is 238 g/mol. The Morgan fingerprint density at radius 1 is 1.42 bits per heavy atom. The first-order valence-electron chi connectivity index (χ1n) is 6.73. The average Bonchev–Trinajstić information content (AvgIpc) is 2.48. The van der Waals surface area contributed by atoms with Gasteiger partial charge in [0.05, 0.1) is 12.7 Å². The molecule has 1 fully saturated rings. The summed E-state index contributed by atoms with van der Waals surface area (Å²) in [6.07, 6.45) is 2.40. The minimum absolute atomic E-state index is 0.597. The number of nitrogens with one attached hydrogen (secondary N) is 1. The van der Waals surface area contributed by atoms with Crippen LogP contribution in [0.1, 0.15) is 24.0 Å². The Labute approximate surface area is 115 Å². The van der Waals surface area contributed by atoms with Crippen LogP contribution in [-0.4, -0.2) is 38.2 Å². The molecule has 1 aromatic rings. The maximum Gasteiger partial charge on any atom is 0.136 e. The van der Waals surface area contributed by atoms with Crippen molar-refractivity contribution in [3.63, 3.8) is 0 Å². The number of nitriles is 1. The van der Waals surface area contributed by atoms with E-state index in [0.29, 0.717) is 17.4 Å². The fourth-order valence-corrected chi connectivity index (χ4v) is 2.56. The number of nitrogens with zero attached hydrogens (tertiary/aromatic N) is 2. The second-order valence-electron chi connectivity index (χ2n) is 4.99. The van der Waals surface area contributed by atoms with Crippen LogP contribution in [0.4, 0.5) is 0 Å². The van der Waals surface area contributed by atoms with Gasteiger partial charge in [-0.15, -0.1) is 0 Å². The molecule has 1 N–H and O–H groups in total. The van der Waals surface area contributed by atoms with Gasteiger partial charge in [0, 0.05) is 12.6 Å². The molecule has 4 nitrogen and oxygen atoms in total. The van der Waals surface area contributed by atoms with Crippen molar-refractivity contribution < 1.29 is 4.74 Å². The molecule has 2 rings (SSSR count). The molecule has 0 aromatic heterocycles. The van der Waals surface area contributed by atoms with Gasteiger partial charge in [0.25, 0.3) is 0 Å². The van der Waals surface area contributed by atoms with Gasteiger partial charge < -0.3 is 10.1 Å². The van der Waals surface area contributed by atoms with E-state index >= 15 is 0 Å². The van der Waals surface area contributed by atoms with Crippen LogP contribution < -0.4 is 10.1 Å². The van der Waals surface area contributed by atoms with Gasteiger partial charge in [-0.3, -0.25) is 4.90 Å². The predicted octanol–water partition coefficient (Wildman–Crippen LogP) is 1.75. The van der Waals surface area contributed by atoms with Crippen LogP contribution >= 0.6 is 0 Å². The molecule has 1 aromatic carbocycles. The van der Waals surface area contributed by atoms with Crippen LogP contribution in [0.25, 0.3) is 0 Å². The van der Waals surface area contributed by atoms with Crippen LogP contribution in [-0.2, 0) is 6.54 Å². The van der Waals surface area contributed by atoms with Crippen molar-refractivity contribution in [3.05, 3.63) is 29.3 Å². The zero-order valence-corrected chi connectivity index (χ0v) is 11.6. The molecule has 0 radical (unpaired) electrons. The molecule has 0 bridgehead atoms. The third-order valence-corrected chi connectivity index (χ3v) is 3.79. The molecule has 1 saturated heterocycles. The average molecular weight is 259 g/mol. The van der Waals surface area contributed by atoms with Crippen LogP contribution in [0, 0.1) is 11.3 Å². The van der Waals surface area contributed by atoms with Gasteiger partial charge >= 0.3 is 0 Å². The summed E-state index contributed by atoms with van der Waals surface area (Å²) in [7, 11) is 3.64. The van der Waals surface area contributed by atoms with E-state index in [1.165, 1.54) is 18.4 Å². The SMILES string of the molecule is CNC1CCN(Cc2ccc(C#N)c(OC)c2)CC1. The molecule has 0 aliphatic carbocycles. The van der Waals surface area contributed by atoms with Crippen LogP contribution in [0.15, 0.2) is 18.2 Å². The molecule has 1 heterocycles. The Morgan fingerprint density at radius 2 is 2.16 bits per heavy atom. The van der Waals surface area contributed by atoms with E-state index in [1.807, 2.05) is 25.2 Å². The van der Waals surface area contributed by atoms with Crippen molar-refractivity contribution in [2.75, 3.05) is 27.2 Å². The lowest BCUT2D eigenvalue weighted by Gasteiger charge is -2.31. The highest BCUT2D eigenvalue weighted by Gasteiger charge is 2.17. The van der Waals surface area contributed by atoms with Crippen LogP contribution in [0.3, 0.4) is 0 Å². The molecular formula is C15H21N3O. The summed E-state index contributed by atoms with van der Waals surface area (Å²) in [4.78, 5) is 2.45. The molecule has 19 heavy (non-hydrogen) atoms. The Morgan fingerprint density at radius 3 is 2.74 bits per heavy atom. The number of piperidine rings is 1. The van der Waals surface area contributed by atoms with Gasteiger partial charge in [-0.25, -0.2) is 0 Å². The minimum Gasteiger partial charge on any atom is -0.495 e. The molecule has 0 spiro atoms. The van der Waals surface area contributed by atoms with Crippen molar-refractivity contribution in [1.82, 2.24) is 10.2 Å².